The van der Waals surface area contributed by atoms with Gasteiger partial charge in [0, 0.05) is 16.7 Å². The van der Waals surface area contributed by atoms with E-state index >= 15 is 0 Å². The van der Waals surface area contributed by atoms with E-state index in [1.165, 1.54) is 50.4 Å². The van der Waals surface area contributed by atoms with Gasteiger partial charge in [0.1, 0.15) is 11.5 Å². The lowest BCUT2D eigenvalue weighted by Crippen LogP contribution is -2.07. The van der Waals surface area contributed by atoms with E-state index in [9.17, 15) is 13.6 Å². The first-order chi connectivity index (χ1) is 11.4. The largest absolute Gasteiger partial charge is 0.497 e. The number of esters is 1. The zero-order valence-corrected chi connectivity index (χ0v) is 13.3. The van der Waals surface area contributed by atoms with Crippen molar-refractivity contribution in [2.24, 2.45) is 0 Å². The third-order valence-corrected chi connectivity index (χ3v) is 3.20. The molecule has 0 aliphatic heterocycles. The number of halogens is 2. The fraction of sp³-hybridized carbons (Fsp3) is 0.105. The summed E-state index contributed by atoms with van der Waals surface area (Å²) in [6.07, 6.45) is 0. The van der Waals surface area contributed by atoms with Crippen molar-refractivity contribution >= 4 is 17.6 Å². The van der Waals surface area contributed by atoms with Crippen LogP contribution in [0.15, 0.2) is 60.7 Å². The average molecular weight is 330 g/mol. The molecule has 0 bridgehead atoms. The lowest BCUT2D eigenvalue weighted by Gasteiger charge is -2.06. The van der Waals surface area contributed by atoms with Crippen LogP contribution in [-0.4, -0.2) is 13.1 Å². The SMILES string of the molecule is C=C(C)C(=O)Oc1ccc(/C(F)=C(\F)c2ccc(OC)cc2)cc1. The third-order valence-electron chi connectivity index (χ3n) is 3.20. The van der Waals surface area contributed by atoms with E-state index in [1.807, 2.05) is 0 Å². The van der Waals surface area contributed by atoms with Crippen LogP contribution in [-0.2, 0) is 4.79 Å². The van der Waals surface area contributed by atoms with Crippen molar-refractivity contribution in [1.82, 2.24) is 0 Å². The lowest BCUT2D eigenvalue weighted by atomic mass is 10.1. The Bertz CT molecular complexity index is 775. The minimum Gasteiger partial charge on any atom is -0.497 e. The first-order valence-corrected chi connectivity index (χ1v) is 7.10. The van der Waals surface area contributed by atoms with Gasteiger partial charge in [-0.2, -0.15) is 0 Å². The summed E-state index contributed by atoms with van der Waals surface area (Å²) in [5.41, 5.74) is 0.389. The maximum absolute atomic E-state index is 14.3. The van der Waals surface area contributed by atoms with Gasteiger partial charge >= 0.3 is 5.97 Å². The number of hydrogen-bond donors (Lipinski definition) is 0. The summed E-state index contributed by atoms with van der Waals surface area (Å²) in [6, 6.07) is 11.4. The maximum Gasteiger partial charge on any atom is 0.338 e. The number of rotatable bonds is 5. The monoisotopic (exact) mass is 330 g/mol. The van der Waals surface area contributed by atoms with Gasteiger partial charge in [-0.3, -0.25) is 0 Å². The number of benzene rings is 2. The molecule has 5 heteroatoms. The second kappa shape index (κ2) is 7.55. The second-order valence-electron chi connectivity index (χ2n) is 5.05. The van der Waals surface area contributed by atoms with Crippen LogP contribution in [0.5, 0.6) is 11.5 Å². The Labute approximate surface area is 138 Å². The Morgan fingerprint density at radius 1 is 0.875 bits per heavy atom. The predicted octanol–water partition coefficient (Wildman–Crippen LogP) is 4.94. The van der Waals surface area contributed by atoms with Crippen molar-refractivity contribution in [1.29, 1.82) is 0 Å². The maximum atomic E-state index is 14.3. The van der Waals surface area contributed by atoms with Crippen LogP contribution in [0, 0.1) is 0 Å². The van der Waals surface area contributed by atoms with Crippen LogP contribution in [0.1, 0.15) is 18.1 Å². The van der Waals surface area contributed by atoms with Crippen molar-refractivity contribution in [3.05, 3.63) is 71.8 Å². The quantitative estimate of drug-likeness (QED) is 0.337. The lowest BCUT2D eigenvalue weighted by molar-refractivity contribution is -0.130. The number of hydrogen-bond acceptors (Lipinski definition) is 3. The Kier molecular flexibility index (Phi) is 5.47. The first-order valence-electron chi connectivity index (χ1n) is 7.10. The topological polar surface area (TPSA) is 35.5 Å². The van der Waals surface area contributed by atoms with Gasteiger partial charge in [-0.1, -0.05) is 6.58 Å². The van der Waals surface area contributed by atoms with Gasteiger partial charge in [0.05, 0.1) is 7.11 Å². The number of carbonyl (C=O) groups excluding carboxylic acids is 1. The highest BCUT2D eigenvalue weighted by atomic mass is 19.2. The van der Waals surface area contributed by atoms with Gasteiger partial charge in [0.15, 0.2) is 11.7 Å². The zero-order chi connectivity index (χ0) is 17.7. The Balaban J connectivity index is 2.22. The molecule has 0 spiro atoms. The molecule has 0 N–H and O–H groups in total. The minimum atomic E-state index is -1.00. The highest BCUT2D eigenvalue weighted by molar-refractivity contribution is 5.89. The summed E-state index contributed by atoms with van der Waals surface area (Å²) >= 11 is 0. The van der Waals surface area contributed by atoms with Crippen LogP contribution in [0.2, 0.25) is 0 Å². The van der Waals surface area contributed by atoms with Gasteiger partial charge in [-0.25, -0.2) is 13.6 Å². The average Bonchev–Trinajstić information content (AvgIpc) is 2.61. The summed E-state index contributed by atoms with van der Waals surface area (Å²) in [5.74, 6) is -1.79. The Hall–Kier alpha value is -2.95. The fourth-order valence-electron chi connectivity index (χ4n) is 1.85. The zero-order valence-electron chi connectivity index (χ0n) is 13.3. The smallest absolute Gasteiger partial charge is 0.338 e. The van der Waals surface area contributed by atoms with Gasteiger partial charge < -0.3 is 9.47 Å². The molecule has 0 heterocycles. The van der Waals surface area contributed by atoms with E-state index in [0.717, 1.165) is 0 Å². The third kappa shape index (κ3) is 4.07. The van der Waals surface area contributed by atoms with E-state index in [0.29, 0.717) is 5.75 Å². The van der Waals surface area contributed by atoms with Crippen molar-refractivity contribution in [2.75, 3.05) is 7.11 Å². The van der Waals surface area contributed by atoms with E-state index in [2.05, 4.69) is 6.58 Å². The minimum absolute atomic E-state index is 0.0402. The summed E-state index contributed by atoms with van der Waals surface area (Å²) in [7, 11) is 1.49. The molecule has 0 radical (unpaired) electrons. The molecule has 24 heavy (non-hydrogen) atoms. The van der Waals surface area contributed by atoms with Crippen LogP contribution in [0.3, 0.4) is 0 Å². The molecule has 3 nitrogen and oxygen atoms in total. The summed E-state index contributed by atoms with van der Waals surface area (Å²) in [5, 5.41) is 0. The molecule has 0 atom stereocenters. The first kappa shape index (κ1) is 17.4. The van der Waals surface area contributed by atoms with Crippen molar-refractivity contribution in [3.63, 3.8) is 0 Å². The molecule has 2 rings (SSSR count). The molecular weight excluding hydrogens is 314 g/mol. The highest BCUT2D eigenvalue weighted by Gasteiger charge is 2.12. The van der Waals surface area contributed by atoms with Gasteiger partial charge in [0.2, 0.25) is 0 Å². The number of carbonyl (C=O) groups is 1. The molecule has 0 aliphatic carbocycles. The molecule has 124 valence electrons. The van der Waals surface area contributed by atoms with Gasteiger partial charge in [-0.05, 0) is 55.5 Å². The van der Waals surface area contributed by atoms with Gasteiger partial charge in [-0.15, -0.1) is 0 Å². The van der Waals surface area contributed by atoms with Crippen LogP contribution in [0.4, 0.5) is 8.78 Å². The summed E-state index contributed by atoms with van der Waals surface area (Å²) in [6.45, 7) is 4.98. The molecule has 2 aromatic carbocycles. The summed E-state index contributed by atoms with van der Waals surface area (Å²) in [4.78, 5) is 11.4. The molecule has 0 saturated heterocycles. The fourth-order valence-corrected chi connectivity index (χ4v) is 1.85. The van der Waals surface area contributed by atoms with Crippen LogP contribution < -0.4 is 9.47 Å². The van der Waals surface area contributed by atoms with E-state index in [4.69, 9.17) is 9.47 Å². The van der Waals surface area contributed by atoms with Crippen LogP contribution >= 0.6 is 0 Å². The van der Waals surface area contributed by atoms with Crippen molar-refractivity contribution in [3.8, 4) is 11.5 Å². The molecule has 0 aliphatic rings. The van der Waals surface area contributed by atoms with E-state index in [-0.39, 0.29) is 22.4 Å². The van der Waals surface area contributed by atoms with Crippen molar-refractivity contribution in [2.45, 2.75) is 6.92 Å². The molecule has 2 aromatic rings. The van der Waals surface area contributed by atoms with Crippen molar-refractivity contribution < 1.29 is 23.0 Å². The molecule has 0 saturated carbocycles. The molecule has 0 amide bonds. The van der Waals surface area contributed by atoms with Gasteiger partial charge in [0.25, 0.3) is 0 Å². The molecule has 0 unspecified atom stereocenters. The standard InChI is InChI=1S/C19H16F2O3/c1-12(2)19(22)24-16-10-6-14(7-11-16)18(21)17(20)13-4-8-15(23-3)9-5-13/h4-11H,1H2,2-3H3/b18-17+. The Morgan fingerprint density at radius 2 is 1.29 bits per heavy atom. The predicted molar refractivity (Wildman–Crippen MR) is 88.9 cm³/mol. The molecule has 0 aromatic heterocycles. The molecule has 0 fully saturated rings. The van der Waals surface area contributed by atoms with E-state index < -0.39 is 17.6 Å². The number of ether oxygens (including phenoxy) is 2. The normalized spacial score (nSPS) is 11.5. The van der Waals surface area contributed by atoms with Crippen LogP contribution in [0.25, 0.3) is 11.7 Å². The number of methoxy groups -OCH3 is 1. The molecular formula is C19H16F2O3. The van der Waals surface area contributed by atoms with E-state index in [1.54, 1.807) is 12.1 Å². The highest BCUT2D eigenvalue weighted by Crippen LogP contribution is 2.30. The second-order valence-corrected chi connectivity index (χ2v) is 5.05. The Morgan fingerprint density at radius 3 is 1.67 bits per heavy atom. The summed E-state index contributed by atoms with van der Waals surface area (Å²) < 4.78 is 38.5.